The number of nitrogens with zero attached hydrogens (tertiary/aromatic N) is 4. The van der Waals surface area contributed by atoms with E-state index in [-0.39, 0.29) is 41.6 Å². The molecule has 2 atom stereocenters. The third-order valence-corrected chi connectivity index (χ3v) is 22.4. The molecule has 0 spiro atoms. The van der Waals surface area contributed by atoms with Crippen molar-refractivity contribution in [2.75, 3.05) is 0 Å². The topological polar surface area (TPSA) is 126 Å². The van der Waals surface area contributed by atoms with Crippen molar-refractivity contribution in [2.45, 2.75) is 246 Å². The van der Waals surface area contributed by atoms with Crippen LogP contribution in [-0.4, -0.2) is 9.13 Å². The highest BCUT2D eigenvalue weighted by atomic mass is 32.2. The van der Waals surface area contributed by atoms with E-state index in [1.807, 2.05) is 12.1 Å². The zero-order valence-electron chi connectivity index (χ0n) is 48.7. The van der Waals surface area contributed by atoms with Gasteiger partial charge >= 0.3 is 0 Å². The maximum atomic E-state index is 16.0. The zero-order valence-corrected chi connectivity index (χ0v) is 52.0. The van der Waals surface area contributed by atoms with Crippen molar-refractivity contribution in [1.82, 2.24) is 9.13 Å². The third-order valence-electron chi connectivity index (χ3n) is 17.2. The van der Waals surface area contributed by atoms with Crippen LogP contribution in [0.3, 0.4) is 0 Å². The van der Waals surface area contributed by atoms with Crippen LogP contribution in [0.25, 0.3) is 76.9 Å². The first-order valence-corrected chi connectivity index (χ1v) is 34.7. The maximum absolute atomic E-state index is 16.0. The van der Waals surface area contributed by atoms with Crippen LogP contribution in [0.4, 0.5) is 0 Å². The van der Waals surface area contributed by atoms with Crippen molar-refractivity contribution in [3.63, 3.8) is 0 Å². The Kier molecular flexibility index (Phi) is 23.8. The summed E-state index contributed by atoms with van der Waals surface area (Å²) >= 11 is 5.39. The van der Waals surface area contributed by atoms with Gasteiger partial charge in [0.05, 0.1) is 40.3 Å². The predicted molar refractivity (Wildman–Crippen MR) is 349 cm³/mol. The average Bonchev–Trinajstić information content (AvgIpc) is 3.06. The molecule has 0 saturated heterocycles. The van der Waals surface area contributed by atoms with E-state index in [2.05, 4.69) is 64.1 Å². The van der Waals surface area contributed by atoms with E-state index < -0.39 is 11.1 Å². The van der Waals surface area contributed by atoms with Crippen molar-refractivity contribution in [2.24, 2.45) is 11.8 Å². The molecule has 4 aromatic carbocycles. The molecule has 0 radical (unpaired) electrons. The van der Waals surface area contributed by atoms with Crippen LogP contribution in [0, 0.1) is 34.5 Å². The van der Waals surface area contributed by atoms with Crippen molar-refractivity contribution in [3.8, 4) is 12.1 Å². The van der Waals surface area contributed by atoms with Gasteiger partial charge in [-0.15, -0.1) is 45.3 Å². The van der Waals surface area contributed by atoms with Gasteiger partial charge in [-0.3, -0.25) is 28.3 Å². The summed E-state index contributed by atoms with van der Waals surface area (Å²) in [5, 5.41) is 25.0. The van der Waals surface area contributed by atoms with E-state index in [0.29, 0.717) is 55.0 Å². The van der Waals surface area contributed by atoms with E-state index in [9.17, 15) is 10.5 Å². The highest BCUT2D eigenvalue weighted by Crippen LogP contribution is 2.47. The number of aromatic nitrogens is 2. The second kappa shape index (κ2) is 31.1. The van der Waals surface area contributed by atoms with E-state index >= 15 is 19.2 Å². The van der Waals surface area contributed by atoms with E-state index in [1.54, 1.807) is 0 Å². The lowest BCUT2D eigenvalue weighted by atomic mass is 9.92. The molecule has 8 nitrogen and oxygen atoms in total. The molecule has 428 valence electrons. The summed E-state index contributed by atoms with van der Waals surface area (Å²) in [5.74, 6) is 0.212. The number of hydrogen-bond acceptors (Lipinski definition) is 10. The number of hydrogen-bond donors (Lipinski definition) is 0. The Morgan fingerprint density at radius 1 is 0.400 bits per heavy atom. The molecule has 4 aromatic heterocycles. The van der Waals surface area contributed by atoms with Gasteiger partial charge in [0, 0.05) is 33.3 Å². The zero-order chi connectivity index (χ0) is 56.4. The Morgan fingerprint density at radius 3 is 0.963 bits per heavy atom. The smallest absolute Gasteiger partial charge is 0.262 e. The molecular formula is C68H88N4O4S4. The molecule has 4 heterocycles. The third kappa shape index (κ3) is 14.5. The fourth-order valence-electron chi connectivity index (χ4n) is 12.7. The summed E-state index contributed by atoms with van der Waals surface area (Å²) in [6.07, 6.45) is 36.9. The minimum atomic E-state index is -0.420. The van der Waals surface area contributed by atoms with E-state index in [1.165, 1.54) is 183 Å². The molecule has 0 aliphatic rings. The first-order chi connectivity index (χ1) is 39.2. The molecule has 0 N–H and O–H groups in total. The first kappa shape index (κ1) is 61.4. The second-order valence-corrected chi connectivity index (χ2v) is 27.7. The molecule has 8 rings (SSSR count). The minimum absolute atomic E-state index is 0.0888. The van der Waals surface area contributed by atoms with Crippen LogP contribution in [0.15, 0.2) is 55.6 Å². The fraction of sp³-hybridized carbons (Fsp3) is 0.588. The van der Waals surface area contributed by atoms with Crippen LogP contribution in [0.1, 0.15) is 233 Å². The monoisotopic (exact) mass is 1150 g/mol. The van der Waals surface area contributed by atoms with Gasteiger partial charge < -0.3 is 0 Å². The molecule has 8 aromatic rings. The van der Waals surface area contributed by atoms with Gasteiger partial charge in [0.1, 0.15) is 16.0 Å². The lowest BCUT2D eigenvalue weighted by Gasteiger charge is -2.22. The van der Waals surface area contributed by atoms with Crippen molar-refractivity contribution >= 4 is 122 Å². The number of rotatable bonds is 36. The van der Waals surface area contributed by atoms with Gasteiger partial charge in [-0.1, -0.05) is 232 Å². The summed E-state index contributed by atoms with van der Waals surface area (Å²) in [7, 11) is 0. The largest absolute Gasteiger partial charge is 0.274 e. The Balaban J connectivity index is 1.35. The summed E-state index contributed by atoms with van der Waals surface area (Å²) in [6, 6.07) is 16.8. The number of benzene rings is 4. The molecule has 0 bridgehead atoms. The first-order valence-electron chi connectivity index (χ1n) is 31.4. The number of nitriles is 2. The van der Waals surface area contributed by atoms with Gasteiger partial charge in [-0.25, -0.2) is 0 Å². The SMILES string of the molecule is CCCCCCCCCCC(CCCCCCCC)Cn1c(=O)c2c3sc(=C(C#N)C#N)sc3c3c(=O)n(CC(CCCCCCCC)CCCCCCCCCC)c(=O)c4c5sc6cc7ccccc7cc6sc5c(c1=O)c2c34. The molecule has 80 heavy (non-hydrogen) atoms. The standard InChI is InChI=1S/C68H88N4O4S4/c1-5-9-13-17-21-23-27-31-37-47(35-29-25-19-15-11-7-3)45-71-64(73)56-54-55-57(61-60(56)77-52-41-49-39-33-34-40-50(49)42-53(52)78-61)65(74)72(46-48(36-30-26-20-16-12-8-4)38-32-28-24-22-18-14-10-6-2)67(76)59(55)63-62(58(54)66(71)75)79-68(80-63)51(43-69)44-70/h33-34,39-42,47-48H,5-32,35-38,45-46H2,1-4H3. The fourth-order valence-corrected chi connectivity index (χ4v) is 17.9. The molecule has 12 heteroatoms. The molecule has 2 unspecified atom stereocenters. The molecule has 0 aliphatic heterocycles. The van der Waals surface area contributed by atoms with Gasteiger partial charge in [0.15, 0.2) is 5.57 Å². The lowest BCUT2D eigenvalue weighted by molar-refractivity contribution is 0.350. The second-order valence-electron chi connectivity index (χ2n) is 23.3. The summed E-state index contributed by atoms with van der Waals surface area (Å²) in [5.41, 5.74) is -1.67. The molecule has 0 fully saturated rings. The highest BCUT2D eigenvalue weighted by Gasteiger charge is 2.31. The maximum Gasteiger partial charge on any atom is 0.262 e. The normalized spacial score (nSPS) is 12.8. The molecule has 0 saturated carbocycles. The molecule has 0 aliphatic carbocycles. The number of fused-ring (bicyclic) bond motifs is 8. The Labute approximate surface area is 490 Å². The summed E-state index contributed by atoms with van der Waals surface area (Å²) in [4.78, 5) is 63.6. The van der Waals surface area contributed by atoms with Crippen molar-refractivity contribution in [3.05, 3.63) is 81.7 Å². The number of pyridine rings is 2. The lowest BCUT2D eigenvalue weighted by Crippen LogP contribution is -2.38. The van der Waals surface area contributed by atoms with Gasteiger partial charge in [-0.2, -0.15) is 10.5 Å². The van der Waals surface area contributed by atoms with E-state index in [0.717, 1.165) is 97.2 Å². The van der Waals surface area contributed by atoms with Crippen LogP contribution in [-0.2, 0) is 13.1 Å². The average molecular weight is 1150 g/mol. The summed E-state index contributed by atoms with van der Waals surface area (Å²) in [6.45, 7) is 9.53. The van der Waals surface area contributed by atoms with Gasteiger partial charge in [0.2, 0.25) is 0 Å². The van der Waals surface area contributed by atoms with Crippen molar-refractivity contribution in [1.29, 1.82) is 10.5 Å². The molecular weight excluding hydrogens is 1070 g/mol. The Hall–Kier alpha value is -4.72. The Bertz CT molecular complexity index is 3510. The van der Waals surface area contributed by atoms with Gasteiger partial charge in [-0.05, 0) is 60.4 Å². The summed E-state index contributed by atoms with van der Waals surface area (Å²) < 4.78 is 7.71. The van der Waals surface area contributed by atoms with Crippen molar-refractivity contribution < 1.29 is 0 Å². The van der Waals surface area contributed by atoms with Gasteiger partial charge in [0.25, 0.3) is 22.2 Å². The van der Waals surface area contributed by atoms with Crippen LogP contribution in [0.2, 0.25) is 0 Å². The van der Waals surface area contributed by atoms with Crippen LogP contribution >= 0.6 is 45.3 Å². The quantitative estimate of drug-likeness (QED) is 0.0219. The van der Waals surface area contributed by atoms with E-state index in [4.69, 9.17) is 0 Å². The van der Waals surface area contributed by atoms with Crippen LogP contribution in [0.5, 0.6) is 0 Å². The number of unbranched alkanes of at least 4 members (excludes halogenated alkanes) is 24. The predicted octanol–water partition coefficient (Wildman–Crippen LogP) is 19.8. The van der Waals surface area contributed by atoms with Crippen LogP contribution < -0.4 is 26.1 Å². The highest BCUT2D eigenvalue weighted by molar-refractivity contribution is 7.38. The molecule has 0 amide bonds. The Morgan fingerprint density at radius 2 is 0.675 bits per heavy atom. The minimum Gasteiger partial charge on any atom is -0.274 e.